The van der Waals surface area contributed by atoms with Gasteiger partial charge in [0, 0.05) is 18.9 Å². The van der Waals surface area contributed by atoms with E-state index in [1.165, 1.54) is 0 Å². The molecule has 0 saturated heterocycles. The average Bonchev–Trinajstić information content (AvgIpc) is 3.18. The summed E-state index contributed by atoms with van der Waals surface area (Å²) in [5, 5.41) is 18.2. The SMILES string of the molecule is CO[C@H]1C[C@](CC#N)(n2cc(-c3nc(Cl)cn4nccc34)cn2)C1. The summed E-state index contributed by atoms with van der Waals surface area (Å²) in [6.45, 7) is 0. The second-order valence-electron chi connectivity index (χ2n) is 6.07. The van der Waals surface area contributed by atoms with Gasteiger partial charge < -0.3 is 4.74 Å². The van der Waals surface area contributed by atoms with Crippen molar-refractivity contribution in [3.8, 4) is 17.3 Å². The minimum absolute atomic E-state index is 0.178. The number of hydrogen-bond donors (Lipinski definition) is 0. The molecule has 122 valence electrons. The highest BCUT2D eigenvalue weighted by molar-refractivity contribution is 6.29. The molecule has 0 aromatic carbocycles. The van der Waals surface area contributed by atoms with Crippen molar-refractivity contribution in [1.29, 1.82) is 5.26 Å². The third-order valence-electron chi connectivity index (χ3n) is 4.66. The number of hydrogen-bond acceptors (Lipinski definition) is 5. The zero-order chi connectivity index (χ0) is 16.7. The summed E-state index contributed by atoms with van der Waals surface area (Å²) in [6.07, 6.45) is 9.19. The highest BCUT2D eigenvalue weighted by Crippen LogP contribution is 2.43. The fourth-order valence-electron chi connectivity index (χ4n) is 3.33. The molecule has 0 amide bonds. The summed E-state index contributed by atoms with van der Waals surface area (Å²) < 4.78 is 8.94. The van der Waals surface area contributed by atoms with Crippen LogP contribution in [0.15, 0.2) is 30.9 Å². The molecule has 3 aromatic heterocycles. The second-order valence-corrected chi connectivity index (χ2v) is 6.46. The van der Waals surface area contributed by atoms with Gasteiger partial charge in [-0.05, 0) is 18.9 Å². The van der Waals surface area contributed by atoms with Crippen molar-refractivity contribution < 1.29 is 4.74 Å². The standard InChI is InChI=1S/C16H15ClN6O/c1-24-12-6-16(7-12,3-4-18)23-9-11(8-20-23)15-13-2-5-19-22(13)10-14(17)21-15/h2,5,8-10,12H,3,6-7H2,1H3/t12-,16-. The maximum atomic E-state index is 9.19. The van der Waals surface area contributed by atoms with Crippen LogP contribution >= 0.6 is 11.6 Å². The van der Waals surface area contributed by atoms with E-state index in [-0.39, 0.29) is 11.6 Å². The lowest BCUT2D eigenvalue weighted by molar-refractivity contribution is -0.0542. The Morgan fingerprint density at radius 1 is 1.42 bits per heavy atom. The van der Waals surface area contributed by atoms with Crippen molar-refractivity contribution in [3.05, 3.63) is 36.0 Å². The Bertz CT molecular complexity index is 934. The van der Waals surface area contributed by atoms with E-state index in [9.17, 15) is 5.26 Å². The summed E-state index contributed by atoms with van der Waals surface area (Å²) in [4.78, 5) is 4.42. The van der Waals surface area contributed by atoms with Gasteiger partial charge in [-0.25, -0.2) is 9.50 Å². The number of rotatable bonds is 4. The van der Waals surface area contributed by atoms with E-state index in [0.717, 1.165) is 29.6 Å². The van der Waals surface area contributed by atoms with Crippen LogP contribution in [-0.4, -0.2) is 37.6 Å². The lowest BCUT2D eigenvalue weighted by Gasteiger charge is -2.45. The minimum atomic E-state index is -0.303. The van der Waals surface area contributed by atoms with Crippen LogP contribution in [0, 0.1) is 11.3 Å². The van der Waals surface area contributed by atoms with E-state index < -0.39 is 0 Å². The van der Waals surface area contributed by atoms with E-state index in [1.54, 1.807) is 30.2 Å². The summed E-state index contributed by atoms with van der Waals surface area (Å²) in [5.74, 6) is 0. The Labute approximate surface area is 143 Å². The van der Waals surface area contributed by atoms with Crippen LogP contribution in [0.4, 0.5) is 0 Å². The number of methoxy groups -OCH3 is 1. The Morgan fingerprint density at radius 3 is 3.00 bits per heavy atom. The first-order valence-electron chi connectivity index (χ1n) is 7.60. The molecule has 7 nitrogen and oxygen atoms in total. The maximum Gasteiger partial charge on any atom is 0.148 e. The van der Waals surface area contributed by atoms with Gasteiger partial charge in [0.15, 0.2) is 0 Å². The van der Waals surface area contributed by atoms with Gasteiger partial charge in [-0.2, -0.15) is 15.5 Å². The molecule has 8 heteroatoms. The van der Waals surface area contributed by atoms with Crippen LogP contribution in [0.2, 0.25) is 5.15 Å². The molecule has 0 aliphatic heterocycles. The van der Waals surface area contributed by atoms with E-state index in [2.05, 4.69) is 21.3 Å². The molecule has 1 aliphatic rings. The van der Waals surface area contributed by atoms with E-state index in [0.29, 0.717) is 11.6 Å². The van der Waals surface area contributed by atoms with Gasteiger partial charge >= 0.3 is 0 Å². The number of aromatic nitrogens is 5. The molecule has 1 fully saturated rings. The second kappa shape index (κ2) is 5.58. The molecule has 1 saturated carbocycles. The van der Waals surface area contributed by atoms with Gasteiger partial charge in [-0.1, -0.05) is 11.6 Å². The maximum absolute atomic E-state index is 9.19. The van der Waals surface area contributed by atoms with Gasteiger partial charge in [0.05, 0.1) is 48.2 Å². The van der Waals surface area contributed by atoms with Gasteiger partial charge in [0.2, 0.25) is 0 Å². The van der Waals surface area contributed by atoms with Crippen LogP contribution in [-0.2, 0) is 10.3 Å². The average molecular weight is 343 g/mol. The number of nitrogens with zero attached hydrogens (tertiary/aromatic N) is 6. The predicted octanol–water partition coefficient (Wildman–Crippen LogP) is 2.66. The number of halogens is 1. The van der Waals surface area contributed by atoms with Gasteiger partial charge in [-0.15, -0.1) is 0 Å². The van der Waals surface area contributed by atoms with Crippen LogP contribution < -0.4 is 0 Å². The molecule has 0 atom stereocenters. The van der Waals surface area contributed by atoms with Crippen LogP contribution in [0.3, 0.4) is 0 Å². The molecule has 0 radical (unpaired) electrons. The molecule has 0 N–H and O–H groups in total. The normalized spacial score (nSPS) is 23.1. The third-order valence-corrected chi connectivity index (χ3v) is 4.84. The largest absolute Gasteiger partial charge is 0.381 e. The summed E-state index contributed by atoms with van der Waals surface area (Å²) in [5.41, 5.74) is 2.13. The first-order chi connectivity index (χ1) is 11.6. The molecule has 24 heavy (non-hydrogen) atoms. The first-order valence-corrected chi connectivity index (χ1v) is 7.98. The molecule has 0 spiro atoms. The zero-order valence-corrected chi connectivity index (χ0v) is 13.8. The van der Waals surface area contributed by atoms with Crippen molar-refractivity contribution in [2.24, 2.45) is 0 Å². The van der Waals surface area contributed by atoms with E-state index >= 15 is 0 Å². The fourth-order valence-corrected chi connectivity index (χ4v) is 3.51. The Hall–Kier alpha value is -2.43. The first kappa shape index (κ1) is 15.1. The smallest absolute Gasteiger partial charge is 0.148 e. The Balaban J connectivity index is 1.74. The highest BCUT2D eigenvalue weighted by Gasteiger charge is 2.46. The molecule has 3 heterocycles. The van der Waals surface area contributed by atoms with E-state index in [1.807, 2.05) is 16.9 Å². The van der Waals surface area contributed by atoms with Crippen LogP contribution in [0.5, 0.6) is 0 Å². The molecular formula is C16H15ClN6O. The quantitative estimate of drug-likeness (QED) is 0.728. The highest BCUT2D eigenvalue weighted by atomic mass is 35.5. The predicted molar refractivity (Wildman–Crippen MR) is 87.5 cm³/mol. The molecule has 0 unspecified atom stereocenters. The third kappa shape index (κ3) is 2.27. The fraction of sp³-hybridized carbons (Fsp3) is 0.375. The lowest BCUT2D eigenvalue weighted by Crippen LogP contribution is -2.50. The van der Waals surface area contributed by atoms with Crippen molar-refractivity contribution in [2.45, 2.75) is 30.9 Å². The molecule has 4 rings (SSSR count). The number of fused-ring (bicyclic) bond motifs is 1. The number of ether oxygens (including phenoxy) is 1. The summed E-state index contributed by atoms with van der Waals surface area (Å²) in [7, 11) is 1.70. The molecule has 0 bridgehead atoms. The molecule has 1 aliphatic carbocycles. The van der Waals surface area contributed by atoms with Gasteiger partial charge in [-0.3, -0.25) is 4.68 Å². The van der Waals surface area contributed by atoms with Crippen molar-refractivity contribution in [1.82, 2.24) is 24.4 Å². The molecule has 3 aromatic rings. The Morgan fingerprint density at radius 2 is 2.25 bits per heavy atom. The summed E-state index contributed by atoms with van der Waals surface area (Å²) in [6, 6.07) is 4.15. The van der Waals surface area contributed by atoms with Crippen molar-refractivity contribution in [2.75, 3.05) is 7.11 Å². The molecular weight excluding hydrogens is 328 g/mol. The topological polar surface area (TPSA) is 81.0 Å². The van der Waals surface area contributed by atoms with Crippen molar-refractivity contribution >= 4 is 17.1 Å². The Kier molecular flexibility index (Phi) is 3.52. The van der Waals surface area contributed by atoms with Crippen LogP contribution in [0.1, 0.15) is 19.3 Å². The summed E-state index contributed by atoms with van der Waals surface area (Å²) >= 11 is 6.09. The van der Waals surface area contributed by atoms with E-state index in [4.69, 9.17) is 16.3 Å². The van der Waals surface area contributed by atoms with Crippen molar-refractivity contribution in [3.63, 3.8) is 0 Å². The zero-order valence-electron chi connectivity index (χ0n) is 13.1. The number of nitriles is 1. The van der Waals surface area contributed by atoms with Crippen LogP contribution in [0.25, 0.3) is 16.8 Å². The van der Waals surface area contributed by atoms with Gasteiger partial charge in [0.1, 0.15) is 10.8 Å². The monoisotopic (exact) mass is 342 g/mol. The lowest BCUT2D eigenvalue weighted by atomic mass is 9.72. The van der Waals surface area contributed by atoms with Gasteiger partial charge in [0.25, 0.3) is 0 Å². The minimum Gasteiger partial charge on any atom is -0.381 e.